The minimum Gasteiger partial charge on any atom is -0.485 e. The largest absolute Gasteiger partial charge is 0.485 e. The second kappa shape index (κ2) is 8.99. The van der Waals surface area contributed by atoms with E-state index in [0.29, 0.717) is 24.0 Å². The fraction of sp³-hybridized carbons (Fsp3) is 0.391. The number of hydrogen-bond acceptors (Lipinski definition) is 4. The van der Waals surface area contributed by atoms with Crippen molar-refractivity contribution in [2.75, 3.05) is 7.05 Å². The topological polar surface area (TPSA) is 60.5 Å². The van der Waals surface area contributed by atoms with E-state index >= 15 is 0 Å². The number of rotatable bonds is 8. The van der Waals surface area contributed by atoms with Gasteiger partial charge >= 0.3 is 0 Å². The number of furan rings is 1. The van der Waals surface area contributed by atoms with Gasteiger partial charge in [-0.1, -0.05) is 26.0 Å². The van der Waals surface area contributed by atoms with E-state index in [4.69, 9.17) is 9.15 Å². The first-order valence-corrected chi connectivity index (χ1v) is 9.97. The summed E-state index contributed by atoms with van der Waals surface area (Å²) in [5.74, 6) is 1.96. The minimum absolute atomic E-state index is 0.180. The van der Waals surface area contributed by atoms with Gasteiger partial charge in [-0.3, -0.25) is 9.48 Å². The summed E-state index contributed by atoms with van der Waals surface area (Å²) >= 11 is 0. The van der Waals surface area contributed by atoms with E-state index in [2.05, 4.69) is 31.1 Å². The standard InChI is InChI=1S/C23H29N3O3/c1-6-26-12-11-18(24-26)14-25(5)23(27)21-10-8-19(29-21)15-28-22-13-17(4)7-9-20(22)16(2)3/h7-13,16H,6,14-15H2,1-5H3. The highest BCUT2D eigenvalue weighted by molar-refractivity contribution is 5.91. The van der Waals surface area contributed by atoms with Gasteiger partial charge in [0, 0.05) is 19.8 Å². The fourth-order valence-electron chi connectivity index (χ4n) is 3.13. The number of amides is 1. The Morgan fingerprint density at radius 1 is 1.24 bits per heavy atom. The number of carbonyl (C=O) groups is 1. The molecule has 0 N–H and O–H groups in total. The van der Waals surface area contributed by atoms with E-state index in [-0.39, 0.29) is 12.5 Å². The van der Waals surface area contributed by atoms with Crippen LogP contribution in [0.4, 0.5) is 0 Å². The number of carbonyl (C=O) groups excluding carboxylic acids is 1. The van der Waals surface area contributed by atoms with Gasteiger partial charge in [-0.05, 0) is 55.2 Å². The number of aromatic nitrogens is 2. The Kier molecular flexibility index (Phi) is 6.42. The van der Waals surface area contributed by atoms with Gasteiger partial charge in [0.2, 0.25) is 0 Å². The zero-order valence-electron chi connectivity index (χ0n) is 17.8. The van der Waals surface area contributed by atoms with Gasteiger partial charge in [-0.15, -0.1) is 0 Å². The molecule has 0 unspecified atom stereocenters. The molecule has 1 amide bonds. The molecular weight excluding hydrogens is 366 g/mol. The van der Waals surface area contributed by atoms with E-state index < -0.39 is 0 Å². The molecule has 2 aromatic heterocycles. The molecule has 0 aliphatic heterocycles. The van der Waals surface area contributed by atoms with Crippen LogP contribution in [-0.4, -0.2) is 27.6 Å². The van der Waals surface area contributed by atoms with Gasteiger partial charge < -0.3 is 14.1 Å². The van der Waals surface area contributed by atoms with Crippen molar-refractivity contribution in [3.63, 3.8) is 0 Å². The van der Waals surface area contributed by atoms with Crippen molar-refractivity contribution in [3.05, 3.63) is 70.9 Å². The predicted octanol–water partition coefficient (Wildman–Crippen LogP) is 4.78. The lowest BCUT2D eigenvalue weighted by molar-refractivity contribution is 0.0747. The Balaban J connectivity index is 1.63. The number of nitrogens with zero attached hydrogens (tertiary/aromatic N) is 3. The van der Waals surface area contributed by atoms with Crippen LogP contribution in [0.1, 0.15) is 59.8 Å². The molecule has 3 rings (SSSR count). The van der Waals surface area contributed by atoms with E-state index in [1.807, 2.05) is 36.9 Å². The molecule has 3 aromatic rings. The second-order valence-electron chi connectivity index (χ2n) is 7.57. The SMILES string of the molecule is CCn1ccc(CN(C)C(=O)c2ccc(COc3cc(C)ccc3C(C)C)o2)n1. The van der Waals surface area contributed by atoms with Gasteiger partial charge in [-0.2, -0.15) is 5.10 Å². The van der Waals surface area contributed by atoms with Crippen molar-refractivity contribution in [2.45, 2.75) is 53.3 Å². The van der Waals surface area contributed by atoms with Crippen molar-refractivity contribution in [2.24, 2.45) is 0 Å². The van der Waals surface area contributed by atoms with Gasteiger partial charge in [-0.25, -0.2) is 0 Å². The molecule has 0 saturated heterocycles. The molecule has 29 heavy (non-hydrogen) atoms. The first kappa shape index (κ1) is 20.7. The van der Waals surface area contributed by atoms with Gasteiger partial charge in [0.1, 0.15) is 18.1 Å². The third kappa shape index (κ3) is 5.08. The lowest BCUT2D eigenvalue weighted by Gasteiger charge is -2.15. The zero-order valence-corrected chi connectivity index (χ0v) is 17.8. The summed E-state index contributed by atoms with van der Waals surface area (Å²) in [5, 5.41) is 4.41. The Bertz CT molecular complexity index is 971. The number of aryl methyl sites for hydroxylation is 2. The van der Waals surface area contributed by atoms with Crippen molar-refractivity contribution in [3.8, 4) is 5.75 Å². The predicted molar refractivity (Wildman–Crippen MR) is 112 cm³/mol. The Morgan fingerprint density at radius 2 is 2.03 bits per heavy atom. The molecule has 0 saturated carbocycles. The molecule has 0 spiro atoms. The summed E-state index contributed by atoms with van der Waals surface area (Å²) in [6, 6.07) is 11.6. The lowest BCUT2D eigenvalue weighted by Crippen LogP contribution is -2.26. The van der Waals surface area contributed by atoms with Crippen molar-refractivity contribution < 1.29 is 13.9 Å². The highest BCUT2D eigenvalue weighted by atomic mass is 16.5. The summed E-state index contributed by atoms with van der Waals surface area (Å²) in [4.78, 5) is 14.3. The van der Waals surface area contributed by atoms with Crippen LogP contribution in [0.5, 0.6) is 5.75 Å². The van der Waals surface area contributed by atoms with Crippen LogP contribution in [0.2, 0.25) is 0 Å². The maximum atomic E-state index is 12.7. The lowest BCUT2D eigenvalue weighted by atomic mass is 10.0. The molecule has 0 radical (unpaired) electrons. The smallest absolute Gasteiger partial charge is 0.289 e. The van der Waals surface area contributed by atoms with Crippen LogP contribution in [0.25, 0.3) is 0 Å². The zero-order chi connectivity index (χ0) is 21.0. The second-order valence-corrected chi connectivity index (χ2v) is 7.57. The van der Waals surface area contributed by atoms with Crippen LogP contribution in [0.15, 0.2) is 47.0 Å². The van der Waals surface area contributed by atoms with E-state index in [1.54, 1.807) is 24.1 Å². The first-order valence-electron chi connectivity index (χ1n) is 9.97. The van der Waals surface area contributed by atoms with Gasteiger partial charge in [0.25, 0.3) is 5.91 Å². The maximum Gasteiger partial charge on any atom is 0.289 e. The number of benzene rings is 1. The average Bonchev–Trinajstić information content (AvgIpc) is 3.34. The molecule has 0 fully saturated rings. The van der Waals surface area contributed by atoms with E-state index in [0.717, 1.165) is 29.1 Å². The van der Waals surface area contributed by atoms with Gasteiger partial charge in [0.15, 0.2) is 5.76 Å². The molecular formula is C23H29N3O3. The van der Waals surface area contributed by atoms with Crippen molar-refractivity contribution in [1.29, 1.82) is 0 Å². The summed E-state index contributed by atoms with van der Waals surface area (Å²) in [6.07, 6.45) is 1.91. The average molecular weight is 396 g/mol. The molecule has 0 bridgehead atoms. The van der Waals surface area contributed by atoms with Crippen LogP contribution in [-0.2, 0) is 19.7 Å². The van der Waals surface area contributed by atoms with E-state index in [9.17, 15) is 4.79 Å². The number of ether oxygens (including phenoxy) is 1. The maximum absolute atomic E-state index is 12.7. The molecule has 0 atom stereocenters. The van der Waals surface area contributed by atoms with Crippen LogP contribution in [0, 0.1) is 6.92 Å². The van der Waals surface area contributed by atoms with Crippen molar-refractivity contribution in [1.82, 2.24) is 14.7 Å². The van der Waals surface area contributed by atoms with Crippen LogP contribution < -0.4 is 4.74 Å². The first-order chi connectivity index (χ1) is 13.9. The highest BCUT2D eigenvalue weighted by Crippen LogP contribution is 2.28. The highest BCUT2D eigenvalue weighted by Gasteiger charge is 2.18. The molecule has 6 heteroatoms. The van der Waals surface area contributed by atoms with Crippen LogP contribution in [0.3, 0.4) is 0 Å². The normalized spacial score (nSPS) is 11.1. The third-order valence-corrected chi connectivity index (χ3v) is 4.80. The van der Waals surface area contributed by atoms with Crippen molar-refractivity contribution >= 4 is 5.91 Å². The third-order valence-electron chi connectivity index (χ3n) is 4.80. The number of hydrogen-bond donors (Lipinski definition) is 0. The quantitative estimate of drug-likeness (QED) is 0.551. The Morgan fingerprint density at radius 3 is 2.72 bits per heavy atom. The monoisotopic (exact) mass is 395 g/mol. The van der Waals surface area contributed by atoms with Crippen LogP contribution >= 0.6 is 0 Å². The summed E-state index contributed by atoms with van der Waals surface area (Å²) in [6.45, 7) is 9.86. The fourth-order valence-corrected chi connectivity index (χ4v) is 3.13. The molecule has 0 aliphatic carbocycles. The summed E-state index contributed by atoms with van der Waals surface area (Å²) < 4.78 is 13.6. The molecule has 1 aromatic carbocycles. The van der Waals surface area contributed by atoms with E-state index in [1.165, 1.54) is 0 Å². The Labute approximate surface area is 172 Å². The minimum atomic E-state index is -0.180. The molecule has 6 nitrogen and oxygen atoms in total. The Hall–Kier alpha value is -3.02. The molecule has 2 heterocycles. The molecule has 154 valence electrons. The summed E-state index contributed by atoms with van der Waals surface area (Å²) in [7, 11) is 1.74. The van der Waals surface area contributed by atoms with Gasteiger partial charge in [0.05, 0.1) is 12.2 Å². The molecule has 0 aliphatic rings. The summed E-state index contributed by atoms with van der Waals surface area (Å²) in [5.41, 5.74) is 3.15.